The number of nitrogens with one attached hydrogen (secondary N) is 1. The van der Waals surface area contributed by atoms with E-state index >= 15 is 0 Å². The minimum absolute atomic E-state index is 0.670. The van der Waals surface area contributed by atoms with E-state index in [4.69, 9.17) is 4.74 Å². The Hall–Kier alpha value is -0.0800. The van der Waals surface area contributed by atoms with Crippen molar-refractivity contribution in [2.24, 2.45) is 0 Å². The molecular formula is C13H29NO. The number of hydrogen-bond acceptors (Lipinski definition) is 2. The molecule has 0 aliphatic carbocycles. The van der Waals surface area contributed by atoms with Crippen LogP contribution in [0.15, 0.2) is 0 Å². The van der Waals surface area contributed by atoms with E-state index in [0.29, 0.717) is 6.04 Å². The van der Waals surface area contributed by atoms with Crippen LogP contribution < -0.4 is 5.32 Å². The average molecular weight is 215 g/mol. The maximum absolute atomic E-state index is 5.01. The molecule has 15 heavy (non-hydrogen) atoms. The van der Waals surface area contributed by atoms with Crippen molar-refractivity contribution >= 4 is 0 Å². The molecule has 0 aliphatic rings. The largest absolute Gasteiger partial charge is 0.385 e. The highest BCUT2D eigenvalue weighted by molar-refractivity contribution is 4.60. The van der Waals surface area contributed by atoms with Crippen molar-refractivity contribution < 1.29 is 4.74 Å². The maximum Gasteiger partial charge on any atom is 0.0474 e. The van der Waals surface area contributed by atoms with Crippen LogP contribution in [0.2, 0.25) is 0 Å². The first kappa shape index (κ1) is 14.9. The second kappa shape index (κ2) is 12.0. The second-order valence-corrected chi connectivity index (χ2v) is 4.40. The van der Waals surface area contributed by atoms with Gasteiger partial charge in [0.1, 0.15) is 0 Å². The van der Waals surface area contributed by atoms with Crippen molar-refractivity contribution in [2.45, 2.75) is 64.8 Å². The summed E-state index contributed by atoms with van der Waals surface area (Å²) >= 11 is 0. The van der Waals surface area contributed by atoms with Gasteiger partial charge in [0.05, 0.1) is 0 Å². The maximum atomic E-state index is 5.01. The Morgan fingerprint density at radius 1 is 1.07 bits per heavy atom. The SMILES string of the molecule is CCCCCCC[C@@H](C)NCCCOC. The third-order valence-corrected chi connectivity index (χ3v) is 2.76. The van der Waals surface area contributed by atoms with Gasteiger partial charge >= 0.3 is 0 Å². The normalized spacial score (nSPS) is 13.0. The molecule has 1 N–H and O–H groups in total. The van der Waals surface area contributed by atoms with E-state index < -0.39 is 0 Å². The van der Waals surface area contributed by atoms with Gasteiger partial charge in [0.15, 0.2) is 0 Å². The monoisotopic (exact) mass is 215 g/mol. The van der Waals surface area contributed by atoms with Crippen molar-refractivity contribution in [2.75, 3.05) is 20.3 Å². The molecule has 0 aromatic rings. The van der Waals surface area contributed by atoms with Crippen molar-refractivity contribution in [3.63, 3.8) is 0 Å². The molecule has 0 fully saturated rings. The fourth-order valence-corrected chi connectivity index (χ4v) is 1.72. The molecule has 0 unspecified atom stereocenters. The molecular weight excluding hydrogens is 186 g/mol. The summed E-state index contributed by atoms with van der Waals surface area (Å²) in [6.45, 7) is 6.51. The van der Waals surface area contributed by atoms with Crippen LogP contribution in [0.25, 0.3) is 0 Å². The van der Waals surface area contributed by atoms with Crippen LogP contribution in [0.4, 0.5) is 0 Å². The van der Waals surface area contributed by atoms with E-state index in [1.165, 1.54) is 38.5 Å². The lowest BCUT2D eigenvalue weighted by Gasteiger charge is -2.13. The first-order chi connectivity index (χ1) is 7.31. The van der Waals surface area contributed by atoms with Crippen LogP contribution in [0.5, 0.6) is 0 Å². The molecule has 0 aromatic heterocycles. The predicted octanol–water partition coefficient (Wildman–Crippen LogP) is 3.36. The Morgan fingerprint density at radius 3 is 2.47 bits per heavy atom. The number of unbranched alkanes of at least 4 members (excludes halogenated alkanes) is 4. The molecule has 0 aliphatic heterocycles. The number of hydrogen-bond donors (Lipinski definition) is 1. The molecule has 0 spiro atoms. The van der Waals surface area contributed by atoms with Gasteiger partial charge in [0.2, 0.25) is 0 Å². The van der Waals surface area contributed by atoms with Crippen molar-refractivity contribution in [1.82, 2.24) is 5.32 Å². The number of rotatable bonds is 11. The summed E-state index contributed by atoms with van der Waals surface area (Å²) in [7, 11) is 1.76. The highest BCUT2D eigenvalue weighted by Crippen LogP contribution is 2.06. The van der Waals surface area contributed by atoms with Crippen LogP contribution >= 0.6 is 0 Å². The van der Waals surface area contributed by atoms with Gasteiger partial charge in [-0.1, -0.05) is 39.0 Å². The van der Waals surface area contributed by atoms with Crippen molar-refractivity contribution in [3.8, 4) is 0 Å². The molecule has 2 nitrogen and oxygen atoms in total. The molecule has 0 bridgehead atoms. The van der Waals surface area contributed by atoms with Gasteiger partial charge in [-0.2, -0.15) is 0 Å². The summed E-state index contributed by atoms with van der Waals surface area (Å²) in [5.74, 6) is 0. The third kappa shape index (κ3) is 11.8. The second-order valence-electron chi connectivity index (χ2n) is 4.40. The van der Waals surface area contributed by atoms with Crippen molar-refractivity contribution in [3.05, 3.63) is 0 Å². The minimum atomic E-state index is 0.670. The van der Waals surface area contributed by atoms with E-state index in [0.717, 1.165) is 19.6 Å². The Bertz CT molecular complexity index is 117. The highest BCUT2D eigenvalue weighted by atomic mass is 16.5. The van der Waals surface area contributed by atoms with Gasteiger partial charge in [0, 0.05) is 19.8 Å². The molecule has 0 radical (unpaired) electrons. The smallest absolute Gasteiger partial charge is 0.0474 e. The number of ether oxygens (including phenoxy) is 1. The van der Waals surface area contributed by atoms with Gasteiger partial charge in [-0.15, -0.1) is 0 Å². The van der Waals surface area contributed by atoms with Gasteiger partial charge < -0.3 is 10.1 Å². The predicted molar refractivity (Wildman–Crippen MR) is 67.3 cm³/mol. The first-order valence-corrected chi connectivity index (χ1v) is 6.53. The van der Waals surface area contributed by atoms with Gasteiger partial charge in [-0.25, -0.2) is 0 Å². The summed E-state index contributed by atoms with van der Waals surface area (Å²) in [4.78, 5) is 0. The van der Waals surface area contributed by atoms with Crippen LogP contribution in [-0.4, -0.2) is 26.3 Å². The zero-order chi connectivity index (χ0) is 11.4. The number of methoxy groups -OCH3 is 1. The lowest BCUT2D eigenvalue weighted by atomic mass is 10.1. The first-order valence-electron chi connectivity index (χ1n) is 6.53. The lowest BCUT2D eigenvalue weighted by molar-refractivity contribution is 0.193. The van der Waals surface area contributed by atoms with Crippen LogP contribution in [0.3, 0.4) is 0 Å². The highest BCUT2D eigenvalue weighted by Gasteiger charge is 1.99. The van der Waals surface area contributed by atoms with E-state index in [1.54, 1.807) is 7.11 Å². The zero-order valence-electron chi connectivity index (χ0n) is 10.8. The summed E-state index contributed by atoms with van der Waals surface area (Å²) in [6, 6.07) is 0.670. The summed E-state index contributed by atoms with van der Waals surface area (Å²) < 4.78 is 5.01. The fraction of sp³-hybridized carbons (Fsp3) is 1.00. The fourth-order valence-electron chi connectivity index (χ4n) is 1.72. The molecule has 0 saturated carbocycles. The van der Waals surface area contributed by atoms with Gasteiger partial charge in [-0.05, 0) is 26.3 Å². The molecule has 0 saturated heterocycles. The third-order valence-electron chi connectivity index (χ3n) is 2.76. The standard InChI is InChI=1S/C13H29NO/c1-4-5-6-7-8-10-13(2)14-11-9-12-15-3/h13-14H,4-12H2,1-3H3/t13-/m1/s1. The topological polar surface area (TPSA) is 21.3 Å². The Labute approximate surface area is 95.8 Å². The Balaban J connectivity index is 3.08. The molecule has 0 heterocycles. The molecule has 1 atom stereocenters. The molecule has 0 rings (SSSR count). The average Bonchev–Trinajstić information content (AvgIpc) is 2.24. The van der Waals surface area contributed by atoms with E-state index in [1.807, 2.05) is 0 Å². The molecule has 2 heteroatoms. The van der Waals surface area contributed by atoms with Crippen molar-refractivity contribution in [1.29, 1.82) is 0 Å². The Morgan fingerprint density at radius 2 is 1.80 bits per heavy atom. The van der Waals surface area contributed by atoms with Gasteiger partial charge in [0.25, 0.3) is 0 Å². The van der Waals surface area contributed by atoms with E-state index in [9.17, 15) is 0 Å². The van der Waals surface area contributed by atoms with E-state index in [-0.39, 0.29) is 0 Å². The molecule has 0 amide bonds. The van der Waals surface area contributed by atoms with E-state index in [2.05, 4.69) is 19.2 Å². The Kier molecular flexibility index (Phi) is 11.9. The van der Waals surface area contributed by atoms with Gasteiger partial charge in [-0.3, -0.25) is 0 Å². The molecule has 92 valence electrons. The van der Waals surface area contributed by atoms with Crippen LogP contribution in [0.1, 0.15) is 58.8 Å². The minimum Gasteiger partial charge on any atom is -0.385 e. The molecule has 0 aromatic carbocycles. The summed E-state index contributed by atoms with van der Waals surface area (Å²) in [5.41, 5.74) is 0. The van der Waals surface area contributed by atoms with Crippen LogP contribution in [0, 0.1) is 0 Å². The van der Waals surface area contributed by atoms with Crippen LogP contribution in [-0.2, 0) is 4.74 Å². The quantitative estimate of drug-likeness (QED) is 0.534. The lowest BCUT2D eigenvalue weighted by Crippen LogP contribution is -2.27. The summed E-state index contributed by atoms with van der Waals surface area (Å²) in [5, 5.41) is 3.53. The summed E-state index contributed by atoms with van der Waals surface area (Å²) in [6.07, 6.45) is 9.36. The zero-order valence-corrected chi connectivity index (χ0v) is 10.8.